The van der Waals surface area contributed by atoms with E-state index in [0.29, 0.717) is 29.1 Å². The smallest absolute Gasteiger partial charge is 0.266 e. The van der Waals surface area contributed by atoms with Crippen molar-refractivity contribution in [3.8, 4) is 5.69 Å². The number of nitrogens with one attached hydrogen (secondary N) is 1. The van der Waals surface area contributed by atoms with Crippen LogP contribution < -0.4 is 5.56 Å². The number of thioether (sulfide) groups is 1. The average Bonchev–Trinajstić information content (AvgIpc) is 3.26. The highest BCUT2D eigenvalue weighted by Gasteiger charge is 2.24. The minimum absolute atomic E-state index is 0.0452. The summed E-state index contributed by atoms with van der Waals surface area (Å²) in [5.74, 6) is 0.262. The van der Waals surface area contributed by atoms with Crippen molar-refractivity contribution >= 4 is 39.5 Å². The molecule has 0 bridgehead atoms. The summed E-state index contributed by atoms with van der Waals surface area (Å²) < 4.78 is 1.62. The molecule has 7 heteroatoms. The van der Waals surface area contributed by atoms with E-state index in [-0.39, 0.29) is 17.2 Å². The highest BCUT2D eigenvalue weighted by Crippen LogP contribution is 2.28. The van der Waals surface area contributed by atoms with Gasteiger partial charge in [0.2, 0.25) is 5.91 Å². The third kappa shape index (κ3) is 3.91. The predicted molar refractivity (Wildman–Crippen MR) is 140 cm³/mol. The zero-order chi connectivity index (χ0) is 23.9. The number of hydrogen-bond donors (Lipinski definition) is 1. The molecule has 0 spiro atoms. The van der Waals surface area contributed by atoms with Crippen molar-refractivity contribution in [3.63, 3.8) is 0 Å². The molecule has 35 heavy (non-hydrogen) atoms. The van der Waals surface area contributed by atoms with Crippen LogP contribution in [0.25, 0.3) is 27.5 Å². The van der Waals surface area contributed by atoms with Crippen LogP contribution in [-0.4, -0.2) is 37.6 Å². The van der Waals surface area contributed by atoms with Crippen LogP contribution in [0.2, 0.25) is 0 Å². The number of H-pyrrole nitrogens is 1. The van der Waals surface area contributed by atoms with Crippen molar-refractivity contribution in [2.75, 3.05) is 12.3 Å². The van der Waals surface area contributed by atoms with E-state index in [1.54, 1.807) is 10.6 Å². The normalized spacial score (nSPS) is 13.3. The van der Waals surface area contributed by atoms with E-state index < -0.39 is 0 Å². The van der Waals surface area contributed by atoms with Crippen LogP contribution in [0, 0.1) is 6.92 Å². The van der Waals surface area contributed by atoms with Crippen LogP contribution >= 0.6 is 11.8 Å². The van der Waals surface area contributed by atoms with E-state index in [2.05, 4.69) is 17.1 Å². The van der Waals surface area contributed by atoms with Crippen molar-refractivity contribution in [3.05, 3.63) is 100.0 Å². The Hall–Kier alpha value is -3.84. The Kier molecular flexibility index (Phi) is 5.41. The monoisotopic (exact) mass is 480 g/mol. The first-order chi connectivity index (χ1) is 17.1. The summed E-state index contributed by atoms with van der Waals surface area (Å²) >= 11 is 1.32. The van der Waals surface area contributed by atoms with Crippen LogP contribution in [0.5, 0.6) is 0 Å². The molecular weight excluding hydrogens is 456 g/mol. The molecule has 0 saturated carbocycles. The summed E-state index contributed by atoms with van der Waals surface area (Å²) in [6.07, 6.45) is 0.808. The highest BCUT2D eigenvalue weighted by atomic mass is 32.2. The highest BCUT2D eigenvalue weighted by molar-refractivity contribution is 7.99. The lowest BCUT2D eigenvalue weighted by Crippen LogP contribution is -2.37. The number of aromatic amines is 1. The number of aromatic nitrogens is 3. The number of carbonyl (C=O) groups excluding carboxylic acids is 1. The largest absolute Gasteiger partial charge is 0.358 e. The zero-order valence-electron chi connectivity index (χ0n) is 19.3. The first kappa shape index (κ1) is 21.7. The van der Waals surface area contributed by atoms with Gasteiger partial charge in [0.05, 0.1) is 22.3 Å². The molecule has 5 aromatic rings. The van der Waals surface area contributed by atoms with E-state index in [1.165, 1.54) is 28.4 Å². The SMILES string of the molecule is Cc1ccc(-n2c(SCC(=O)N3CCc4[nH]c5ccccc5c4C3)nc3ccccc3c2=O)cc1. The molecule has 1 amide bonds. The zero-order valence-corrected chi connectivity index (χ0v) is 20.1. The average molecular weight is 481 g/mol. The van der Waals surface area contributed by atoms with Crippen LogP contribution in [0.1, 0.15) is 16.8 Å². The van der Waals surface area contributed by atoms with E-state index in [9.17, 15) is 9.59 Å². The molecule has 1 aliphatic heterocycles. The Morgan fingerprint density at radius 3 is 2.57 bits per heavy atom. The van der Waals surface area contributed by atoms with Gasteiger partial charge in [0.25, 0.3) is 5.56 Å². The van der Waals surface area contributed by atoms with Gasteiger partial charge in [-0.05, 0) is 37.3 Å². The second kappa shape index (κ2) is 8.74. The van der Waals surface area contributed by atoms with Crippen molar-refractivity contribution in [1.29, 1.82) is 0 Å². The van der Waals surface area contributed by atoms with Crippen molar-refractivity contribution in [2.45, 2.75) is 25.0 Å². The Morgan fingerprint density at radius 2 is 1.74 bits per heavy atom. The third-order valence-corrected chi connectivity index (χ3v) is 7.52. The summed E-state index contributed by atoms with van der Waals surface area (Å²) in [6.45, 7) is 3.28. The van der Waals surface area contributed by atoms with Gasteiger partial charge in [-0.15, -0.1) is 0 Å². The molecule has 2 aromatic heterocycles. The Morgan fingerprint density at radius 1 is 1.00 bits per heavy atom. The first-order valence-corrected chi connectivity index (χ1v) is 12.6. The number of carbonyl (C=O) groups is 1. The van der Waals surface area contributed by atoms with Gasteiger partial charge in [0, 0.05) is 41.7 Å². The van der Waals surface area contributed by atoms with Crippen LogP contribution in [-0.2, 0) is 17.8 Å². The lowest BCUT2D eigenvalue weighted by atomic mass is 10.0. The molecule has 0 atom stereocenters. The first-order valence-electron chi connectivity index (χ1n) is 11.7. The van der Waals surface area contributed by atoms with Gasteiger partial charge >= 0.3 is 0 Å². The maximum atomic E-state index is 13.4. The number of benzene rings is 3. The Balaban J connectivity index is 1.30. The minimum Gasteiger partial charge on any atom is -0.358 e. The van der Waals surface area contributed by atoms with Gasteiger partial charge in [0.15, 0.2) is 5.16 Å². The fourth-order valence-electron chi connectivity index (χ4n) is 4.73. The molecule has 6 nitrogen and oxygen atoms in total. The number of para-hydroxylation sites is 2. The van der Waals surface area contributed by atoms with Crippen LogP contribution in [0.3, 0.4) is 0 Å². The molecule has 1 aliphatic rings. The molecule has 3 heterocycles. The summed E-state index contributed by atoms with van der Waals surface area (Å²) in [5.41, 5.74) is 5.89. The quantitative estimate of drug-likeness (QED) is 0.295. The number of nitrogens with zero attached hydrogens (tertiary/aromatic N) is 3. The van der Waals surface area contributed by atoms with Gasteiger partial charge in [-0.25, -0.2) is 4.98 Å². The molecule has 0 unspecified atom stereocenters. The van der Waals surface area contributed by atoms with Crippen molar-refractivity contribution in [1.82, 2.24) is 19.4 Å². The number of amides is 1. The molecular formula is C28H24N4O2S. The van der Waals surface area contributed by atoms with Gasteiger partial charge in [-0.3, -0.25) is 14.2 Å². The second-order valence-electron chi connectivity index (χ2n) is 8.87. The van der Waals surface area contributed by atoms with Crippen LogP contribution in [0.4, 0.5) is 0 Å². The summed E-state index contributed by atoms with van der Waals surface area (Å²) in [5, 5.41) is 2.26. The van der Waals surface area contributed by atoms with Gasteiger partial charge in [-0.2, -0.15) is 0 Å². The third-order valence-electron chi connectivity index (χ3n) is 6.60. The van der Waals surface area contributed by atoms with Crippen molar-refractivity contribution < 1.29 is 4.79 Å². The van der Waals surface area contributed by atoms with Gasteiger partial charge < -0.3 is 9.88 Å². The fourth-order valence-corrected chi connectivity index (χ4v) is 5.64. The fraction of sp³-hybridized carbons (Fsp3) is 0.179. The number of fused-ring (bicyclic) bond motifs is 4. The molecule has 3 aromatic carbocycles. The minimum atomic E-state index is -0.129. The maximum Gasteiger partial charge on any atom is 0.266 e. The molecule has 0 saturated heterocycles. The Labute approximate surface area is 206 Å². The topological polar surface area (TPSA) is 71.0 Å². The van der Waals surface area contributed by atoms with Gasteiger partial charge in [0.1, 0.15) is 0 Å². The van der Waals surface area contributed by atoms with E-state index in [4.69, 9.17) is 4.98 Å². The molecule has 174 valence electrons. The van der Waals surface area contributed by atoms with Gasteiger partial charge in [-0.1, -0.05) is 59.8 Å². The molecule has 0 aliphatic carbocycles. The van der Waals surface area contributed by atoms with E-state index in [0.717, 1.165) is 23.2 Å². The molecule has 1 N–H and O–H groups in total. The summed E-state index contributed by atoms with van der Waals surface area (Å²) in [6, 6.07) is 23.4. The standard InChI is InChI=1S/C28H24N4O2S/c1-18-10-12-19(13-11-18)32-27(34)21-7-3-5-9-24(21)30-28(32)35-17-26(33)31-15-14-25-22(16-31)20-6-2-4-8-23(20)29-25/h2-13,29H,14-17H2,1H3. The number of hydrogen-bond acceptors (Lipinski definition) is 4. The summed E-state index contributed by atoms with van der Waals surface area (Å²) in [4.78, 5) is 36.9. The van der Waals surface area contributed by atoms with E-state index >= 15 is 0 Å². The predicted octanol–water partition coefficient (Wildman–Crippen LogP) is 4.85. The molecule has 6 rings (SSSR count). The second-order valence-corrected chi connectivity index (χ2v) is 9.81. The van der Waals surface area contributed by atoms with Crippen molar-refractivity contribution in [2.24, 2.45) is 0 Å². The summed E-state index contributed by atoms with van der Waals surface area (Å²) in [7, 11) is 0. The maximum absolute atomic E-state index is 13.4. The number of aryl methyl sites for hydroxylation is 1. The van der Waals surface area contributed by atoms with E-state index in [1.807, 2.05) is 66.4 Å². The molecule has 0 fully saturated rings. The Bertz CT molecular complexity index is 1640. The van der Waals surface area contributed by atoms with Crippen LogP contribution in [0.15, 0.2) is 82.7 Å². The number of rotatable bonds is 4. The lowest BCUT2D eigenvalue weighted by Gasteiger charge is -2.27. The molecule has 0 radical (unpaired) electrons. The lowest BCUT2D eigenvalue weighted by molar-refractivity contribution is -0.129.